The van der Waals surface area contributed by atoms with Crippen molar-refractivity contribution in [3.05, 3.63) is 12.2 Å². The Balaban J connectivity index is 1.85. The van der Waals surface area contributed by atoms with Crippen molar-refractivity contribution in [1.29, 1.82) is 0 Å². The molecule has 1 saturated carbocycles. The van der Waals surface area contributed by atoms with Crippen molar-refractivity contribution < 1.29 is 45.5 Å². The molecule has 4 atom stereocenters. The van der Waals surface area contributed by atoms with Crippen LogP contribution in [0.4, 0.5) is 18.0 Å². The van der Waals surface area contributed by atoms with Crippen LogP contribution in [0.15, 0.2) is 12.2 Å². The lowest BCUT2D eigenvalue weighted by Crippen LogP contribution is -2.58. The monoisotopic (exact) mass is 580 g/mol. The first-order valence-corrected chi connectivity index (χ1v) is 14.4. The number of halogens is 3. The molecule has 0 radical (unpaired) electrons. The summed E-state index contributed by atoms with van der Waals surface area (Å²) in [6, 6.07) is -1.08. The lowest BCUT2D eigenvalue weighted by atomic mass is 10.1. The minimum absolute atomic E-state index is 0.103. The largest absolute Gasteiger partial charge is 0.516 e. The number of hydrogen-bond donors (Lipinski definition) is 3. The van der Waals surface area contributed by atoms with Gasteiger partial charge >= 0.3 is 21.6 Å². The first-order chi connectivity index (χ1) is 18.0. The highest BCUT2D eigenvalue weighted by Gasteiger charge is 2.63. The summed E-state index contributed by atoms with van der Waals surface area (Å²) >= 11 is 0. The number of amides is 4. The quantitative estimate of drug-likeness (QED) is 0.433. The summed E-state index contributed by atoms with van der Waals surface area (Å²) in [5.74, 6) is -3.61. The lowest BCUT2D eigenvalue weighted by molar-refractivity contribution is -0.146. The van der Waals surface area contributed by atoms with Crippen molar-refractivity contribution in [2.24, 2.45) is 5.92 Å². The van der Waals surface area contributed by atoms with Crippen molar-refractivity contribution in [2.45, 2.75) is 101 Å². The molecule has 3 aliphatic rings. The van der Waals surface area contributed by atoms with Crippen molar-refractivity contribution >= 4 is 33.8 Å². The Morgan fingerprint density at radius 3 is 2.44 bits per heavy atom. The number of hydrogen-bond acceptors (Lipinski definition) is 7. The highest BCUT2D eigenvalue weighted by molar-refractivity contribution is 7.90. The molecule has 0 aromatic carbocycles. The van der Waals surface area contributed by atoms with Crippen LogP contribution in [0.1, 0.15) is 72.1 Å². The summed E-state index contributed by atoms with van der Waals surface area (Å²) in [6.45, 7) is 5.41. The van der Waals surface area contributed by atoms with Gasteiger partial charge in [-0.1, -0.05) is 18.6 Å². The molecule has 2 aliphatic heterocycles. The van der Waals surface area contributed by atoms with E-state index in [1.807, 2.05) is 0 Å². The van der Waals surface area contributed by atoms with Gasteiger partial charge in [-0.2, -0.15) is 21.6 Å². The van der Waals surface area contributed by atoms with Gasteiger partial charge in [-0.05, 0) is 65.7 Å². The summed E-state index contributed by atoms with van der Waals surface area (Å²) in [7, 11) is -5.99. The van der Waals surface area contributed by atoms with E-state index in [0.29, 0.717) is 32.1 Å². The normalized spacial score (nSPS) is 28.8. The molecular formula is C24H35F3N4O7S. The average molecular weight is 581 g/mol. The number of alkyl carbamates (subject to hydrolysis) is 1. The Kier molecular flexibility index (Phi) is 8.92. The molecule has 0 aromatic heterocycles. The molecule has 0 spiro atoms. The van der Waals surface area contributed by atoms with E-state index in [4.69, 9.17) is 4.74 Å². The molecule has 39 heavy (non-hydrogen) atoms. The Labute approximate surface area is 225 Å². The molecule has 0 bridgehead atoms. The smallest absolute Gasteiger partial charge is 0.436 e. The zero-order valence-corrected chi connectivity index (χ0v) is 22.9. The van der Waals surface area contributed by atoms with Crippen LogP contribution in [-0.4, -0.2) is 72.4 Å². The maximum Gasteiger partial charge on any atom is 0.516 e. The van der Waals surface area contributed by atoms with E-state index < -0.39 is 68.5 Å². The Hall–Kier alpha value is -2.84. The fourth-order valence-electron chi connectivity index (χ4n) is 4.77. The van der Waals surface area contributed by atoms with Crippen molar-refractivity contribution in [1.82, 2.24) is 20.3 Å². The van der Waals surface area contributed by atoms with E-state index in [-0.39, 0.29) is 25.8 Å². The van der Waals surface area contributed by atoms with Crippen LogP contribution in [0, 0.1) is 5.92 Å². The number of nitrogens with zero attached hydrogens (tertiary/aromatic N) is 1. The van der Waals surface area contributed by atoms with Gasteiger partial charge < -0.3 is 20.3 Å². The first-order valence-electron chi connectivity index (χ1n) is 12.9. The number of rotatable bonds is 3. The van der Waals surface area contributed by atoms with Crippen LogP contribution < -0.4 is 15.4 Å². The van der Waals surface area contributed by atoms with Gasteiger partial charge in [-0.15, -0.1) is 0 Å². The second kappa shape index (κ2) is 11.3. The highest BCUT2D eigenvalue weighted by atomic mass is 32.2. The fraction of sp³-hybridized carbons (Fsp3) is 0.750. The number of carbonyl (C=O) groups is 4. The van der Waals surface area contributed by atoms with E-state index in [0.717, 1.165) is 4.72 Å². The number of fused-ring (bicyclic) bond motifs is 2. The summed E-state index contributed by atoms with van der Waals surface area (Å²) in [6.07, 6.45) is 4.58. The summed E-state index contributed by atoms with van der Waals surface area (Å²) < 4.78 is 68.4. The molecule has 4 amide bonds. The lowest BCUT2D eigenvalue weighted by Gasteiger charge is -2.30. The maximum atomic E-state index is 13.5. The van der Waals surface area contributed by atoms with Crippen LogP contribution >= 0.6 is 0 Å². The summed E-state index contributed by atoms with van der Waals surface area (Å²) in [4.78, 5) is 53.3. The van der Waals surface area contributed by atoms with E-state index in [1.165, 1.54) is 4.90 Å². The Morgan fingerprint density at radius 1 is 1.10 bits per heavy atom. The SMILES string of the molecule is CC(C)(C)NC(=O)O[C@H]1CCCCCC=C[C@@H]2C[C@@]2(C(=O)NS(=O)(=O)C(F)(F)F)NC(=O)[C@@H]2CCCN2C1=O. The molecular weight excluding hydrogens is 545 g/mol. The summed E-state index contributed by atoms with van der Waals surface area (Å²) in [5, 5.41) is 5.07. The molecule has 3 N–H and O–H groups in total. The molecule has 11 nitrogen and oxygen atoms in total. The standard InChI is InChI=1S/C24H35F3N4O7S/c1-22(2,3)29-21(35)38-17-12-8-6-4-5-7-10-15-14-23(15,20(34)30-39(36,37)24(25,26)27)28-18(32)16-11-9-13-31(16)19(17)33/h7,10,15-17H,4-6,8-9,11-14H2,1-3H3,(H,28,32)(H,29,35)(H,30,34)/t15-,16+,17+,23-/m1/s1. The third-order valence-electron chi connectivity index (χ3n) is 6.84. The molecule has 2 heterocycles. The number of carbonyl (C=O) groups excluding carboxylic acids is 4. The third kappa shape index (κ3) is 7.42. The van der Waals surface area contributed by atoms with Gasteiger partial charge in [-0.3, -0.25) is 14.4 Å². The van der Waals surface area contributed by atoms with Gasteiger partial charge in [0, 0.05) is 18.0 Å². The molecule has 3 rings (SSSR count). The highest BCUT2D eigenvalue weighted by Crippen LogP contribution is 2.46. The van der Waals surface area contributed by atoms with Crippen LogP contribution in [0.3, 0.4) is 0 Å². The second-order valence-corrected chi connectivity index (χ2v) is 12.9. The molecule has 0 unspecified atom stereocenters. The molecule has 220 valence electrons. The number of sulfonamides is 1. The van der Waals surface area contributed by atoms with Crippen LogP contribution in [-0.2, 0) is 29.1 Å². The average Bonchev–Trinajstić information content (AvgIpc) is 3.25. The minimum atomic E-state index is -5.99. The molecule has 15 heteroatoms. The van der Waals surface area contributed by atoms with Gasteiger partial charge in [0.15, 0.2) is 6.10 Å². The molecule has 1 saturated heterocycles. The molecule has 2 fully saturated rings. The molecule has 1 aliphatic carbocycles. The zero-order chi connectivity index (χ0) is 29.2. The van der Waals surface area contributed by atoms with Gasteiger partial charge in [0.05, 0.1) is 0 Å². The van der Waals surface area contributed by atoms with Gasteiger partial charge in [0.25, 0.3) is 11.8 Å². The number of allylic oxidation sites excluding steroid dienone is 1. The van der Waals surface area contributed by atoms with Crippen molar-refractivity contribution in [2.75, 3.05) is 6.54 Å². The number of alkyl halides is 3. The number of nitrogens with one attached hydrogen (secondary N) is 3. The van der Waals surface area contributed by atoms with E-state index >= 15 is 0 Å². The molecule has 0 aromatic rings. The first kappa shape index (κ1) is 30.7. The van der Waals surface area contributed by atoms with E-state index in [9.17, 15) is 40.8 Å². The van der Waals surface area contributed by atoms with Gasteiger partial charge in [0.2, 0.25) is 5.91 Å². The van der Waals surface area contributed by atoms with Crippen LogP contribution in [0.5, 0.6) is 0 Å². The third-order valence-corrected chi connectivity index (χ3v) is 7.91. The Morgan fingerprint density at radius 2 is 1.79 bits per heavy atom. The maximum absolute atomic E-state index is 13.5. The fourth-order valence-corrected chi connectivity index (χ4v) is 5.31. The second-order valence-electron chi connectivity index (χ2n) is 11.2. The zero-order valence-electron chi connectivity index (χ0n) is 22.1. The predicted octanol–water partition coefficient (Wildman–Crippen LogP) is 2.23. The minimum Gasteiger partial charge on any atom is -0.436 e. The van der Waals surface area contributed by atoms with E-state index in [1.54, 1.807) is 32.9 Å². The van der Waals surface area contributed by atoms with Gasteiger partial charge in [-0.25, -0.2) is 9.52 Å². The summed E-state index contributed by atoms with van der Waals surface area (Å²) in [5.41, 5.74) is -8.24. The Bertz CT molecular complexity index is 1120. The predicted molar refractivity (Wildman–Crippen MR) is 132 cm³/mol. The van der Waals surface area contributed by atoms with Crippen LogP contribution in [0.2, 0.25) is 0 Å². The number of ether oxygens (including phenoxy) is 1. The topological polar surface area (TPSA) is 151 Å². The van der Waals surface area contributed by atoms with Crippen molar-refractivity contribution in [3.63, 3.8) is 0 Å². The van der Waals surface area contributed by atoms with Crippen LogP contribution in [0.25, 0.3) is 0 Å². The van der Waals surface area contributed by atoms with Crippen molar-refractivity contribution in [3.8, 4) is 0 Å². The van der Waals surface area contributed by atoms with E-state index in [2.05, 4.69) is 10.6 Å². The van der Waals surface area contributed by atoms with Gasteiger partial charge in [0.1, 0.15) is 11.6 Å².